The van der Waals surface area contributed by atoms with Crippen LogP contribution in [0, 0.1) is 10.1 Å². The summed E-state index contributed by atoms with van der Waals surface area (Å²) < 4.78 is 0. The zero-order chi connectivity index (χ0) is 8.69. The van der Waals surface area contributed by atoms with Crippen LogP contribution in [-0.4, -0.2) is 29.2 Å². The van der Waals surface area contributed by atoms with Crippen LogP contribution in [0.5, 0.6) is 0 Å². The first kappa shape index (κ1) is 9.41. The Labute approximate surface area is 63.4 Å². The summed E-state index contributed by atoms with van der Waals surface area (Å²) in [5.74, 6) is 0.931. The number of rotatable bonds is 1. The van der Waals surface area contributed by atoms with Gasteiger partial charge in [-0.2, -0.15) is 0 Å². The maximum Gasteiger partial charge on any atom is 0.291 e. The lowest BCUT2D eigenvalue weighted by atomic mass is 10.6. The minimum atomic E-state index is -1.50. The standard InChI is InChI=1S/C5H8N2.HNO3/c1-2-5-6-3-4-7-5;2-1(3)4/h2H,1,3-4H2,(H,6,7);(H,2,3,4). The topological polar surface area (TPSA) is 87.8 Å². The molecule has 1 rings (SSSR count). The first-order valence-corrected chi connectivity index (χ1v) is 2.91. The third-order valence-corrected chi connectivity index (χ3v) is 0.893. The molecule has 0 saturated carbocycles. The zero-order valence-corrected chi connectivity index (χ0v) is 5.86. The monoisotopic (exact) mass is 159 g/mol. The van der Waals surface area contributed by atoms with Gasteiger partial charge in [0, 0.05) is 6.54 Å². The van der Waals surface area contributed by atoms with Crippen molar-refractivity contribution in [2.24, 2.45) is 4.99 Å². The third-order valence-electron chi connectivity index (χ3n) is 0.893. The summed E-state index contributed by atoms with van der Waals surface area (Å²) in [6, 6.07) is 0. The van der Waals surface area contributed by atoms with Crippen molar-refractivity contribution in [1.82, 2.24) is 5.32 Å². The summed E-state index contributed by atoms with van der Waals surface area (Å²) >= 11 is 0. The maximum atomic E-state index is 8.36. The molecule has 1 aliphatic rings. The molecule has 0 aromatic heterocycles. The SMILES string of the molecule is C=CC1=NCCN1.O=[N+]([O-])O. The number of hydrogen-bond acceptors (Lipinski definition) is 4. The van der Waals surface area contributed by atoms with E-state index in [1.807, 2.05) is 0 Å². The molecule has 6 nitrogen and oxygen atoms in total. The second-order valence-corrected chi connectivity index (χ2v) is 1.64. The summed E-state index contributed by atoms with van der Waals surface area (Å²) in [6.45, 7) is 5.43. The zero-order valence-electron chi connectivity index (χ0n) is 5.86. The lowest BCUT2D eigenvalue weighted by Crippen LogP contribution is -2.15. The van der Waals surface area contributed by atoms with Gasteiger partial charge < -0.3 is 10.5 Å². The van der Waals surface area contributed by atoms with E-state index in [1.165, 1.54) is 0 Å². The van der Waals surface area contributed by atoms with E-state index in [0.29, 0.717) is 0 Å². The molecule has 0 saturated heterocycles. The Morgan fingerprint density at radius 1 is 1.91 bits per heavy atom. The van der Waals surface area contributed by atoms with Crippen molar-refractivity contribution in [3.8, 4) is 0 Å². The fourth-order valence-corrected chi connectivity index (χ4v) is 0.553. The van der Waals surface area contributed by atoms with Crippen molar-refractivity contribution in [1.29, 1.82) is 0 Å². The smallest absolute Gasteiger partial charge is 0.291 e. The lowest BCUT2D eigenvalue weighted by Gasteiger charge is -1.87. The second kappa shape index (κ2) is 5.21. The van der Waals surface area contributed by atoms with Crippen LogP contribution >= 0.6 is 0 Å². The van der Waals surface area contributed by atoms with Crippen molar-refractivity contribution in [2.45, 2.75) is 0 Å². The van der Waals surface area contributed by atoms with Gasteiger partial charge >= 0.3 is 0 Å². The average Bonchev–Trinajstić information content (AvgIpc) is 2.36. The lowest BCUT2D eigenvalue weighted by molar-refractivity contribution is -0.742. The van der Waals surface area contributed by atoms with Gasteiger partial charge in [-0.05, 0) is 6.08 Å². The summed E-state index contributed by atoms with van der Waals surface area (Å²) in [4.78, 5) is 12.4. The highest BCUT2D eigenvalue weighted by Crippen LogP contribution is 1.82. The van der Waals surface area contributed by atoms with E-state index in [2.05, 4.69) is 16.9 Å². The Morgan fingerprint density at radius 3 is 2.64 bits per heavy atom. The van der Waals surface area contributed by atoms with E-state index >= 15 is 0 Å². The van der Waals surface area contributed by atoms with Gasteiger partial charge in [-0.15, -0.1) is 10.1 Å². The molecule has 6 heteroatoms. The summed E-state index contributed by atoms with van der Waals surface area (Å²) in [5.41, 5.74) is 0. The fourth-order valence-electron chi connectivity index (χ4n) is 0.553. The summed E-state index contributed by atoms with van der Waals surface area (Å²) in [6.07, 6.45) is 1.73. The van der Waals surface area contributed by atoms with E-state index in [9.17, 15) is 0 Å². The van der Waals surface area contributed by atoms with Crippen LogP contribution < -0.4 is 5.32 Å². The van der Waals surface area contributed by atoms with Gasteiger partial charge in [-0.3, -0.25) is 4.99 Å². The molecule has 0 aliphatic carbocycles. The Balaban J connectivity index is 0.000000218. The Hall–Kier alpha value is -1.59. The van der Waals surface area contributed by atoms with E-state index in [1.54, 1.807) is 6.08 Å². The first-order chi connectivity index (χ1) is 5.16. The van der Waals surface area contributed by atoms with Crippen LogP contribution in [0.25, 0.3) is 0 Å². The molecule has 0 fully saturated rings. The van der Waals surface area contributed by atoms with Crippen LogP contribution in [0.15, 0.2) is 17.6 Å². The molecule has 0 spiro atoms. The van der Waals surface area contributed by atoms with Crippen molar-refractivity contribution in [3.05, 3.63) is 22.8 Å². The molecule has 1 heterocycles. The molecule has 0 radical (unpaired) electrons. The highest BCUT2D eigenvalue weighted by atomic mass is 16.9. The average molecular weight is 159 g/mol. The van der Waals surface area contributed by atoms with Crippen molar-refractivity contribution in [2.75, 3.05) is 13.1 Å². The van der Waals surface area contributed by atoms with Crippen molar-refractivity contribution >= 4 is 5.84 Å². The van der Waals surface area contributed by atoms with E-state index in [4.69, 9.17) is 15.3 Å². The quantitative estimate of drug-likeness (QED) is 0.410. The molecule has 0 aromatic rings. The summed E-state index contributed by atoms with van der Waals surface area (Å²) in [7, 11) is 0. The van der Waals surface area contributed by atoms with Crippen LogP contribution in [0.4, 0.5) is 0 Å². The van der Waals surface area contributed by atoms with Crippen molar-refractivity contribution < 1.29 is 10.3 Å². The predicted octanol–water partition coefficient (Wildman–Crippen LogP) is -0.174. The van der Waals surface area contributed by atoms with Crippen molar-refractivity contribution in [3.63, 3.8) is 0 Å². The Kier molecular flexibility index (Phi) is 4.46. The molecule has 62 valence electrons. The van der Waals surface area contributed by atoms with Crippen LogP contribution in [0.2, 0.25) is 0 Å². The molecule has 11 heavy (non-hydrogen) atoms. The first-order valence-electron chi connectivity index (χ1n) is 2.91. The van der Waals surface area contributed by atoms with Gasteiger partial charge in [-0.25, -0.2) is 0 Å². The van der Waals surface area contributed by atoms with Crippen LogP contribution in [0.3, 0.4) is 0 Å². The molecule has 2 N–H and O–H groups in total. The summed E-state index contributed by atoms with van der Waals surface area (Å²) in [5, 5.41) is 16.7. The van der Waals surface area contributed by atoms with Gasteiger partial charge in [0.2, 0.25) is 0 Å². The molecule has 0 aromatic carbocycles. The predicted molar refractivity (Wildman–Crippen MR) is 39.3 cm³/mol. The number of aliphatic imine (C=N–C) groups is 1. The minimum Gasteiger partial charge on any atom is -0.369 e. The van der Waals surface area contributed by atoms with Gasteiger partial charge in [-0.1, -0.05) is 6.58 Å². The number of nitrogens with zero attached hydrogens (tertiary/aromatic N) is 2. The van der Waals surface area contributed by atoms with Crippen LogP contribution in [0.1, 0.15) is 0 Å². The highest BCUT2D eigenvalue weighted by Gasteiger charge is 1.96. The molecular formula is C5H9N3O3. The molecule has 0 bridgehead atoms. The molecule has 0 unspecified atom stereocenters. The largest absolute Gasteiger partial charge is 0.369 e. The molecule has 1 aliphatic heterocycles. The van der Waals surface area contributed by atoms with E-state index in [-0.39, 0.29) is 0 Å². The van der Waals surface area contributed by atoms with Crippen LogP contribution in [-0.2, 0) is 0 Å². The minimum absolute atomic E-state index is 0.904. The third kappa shape index (κ3) is 6.29. The maximum absolute atomic E-state index is 8.36. The van der Waals surface area contributed by atoms with Gasteiger partial charge in [0.15, 0.2) is 0 Å². The molecular weight excluding hydrogens is 150 g/mol. The number of amidine groups is 1. The number of nitrogens with one attached hydrogen (secondary N) is 1. The normalized spacial score (nSPS) is 13.6. The second-order valence-electron chi connectivity index (χ2n) is 1.64. The van der Waals surface area contributed by atoms with Gasteiger partial charge in [0.05, 0.1) is 6.54 Å². The fraction of sp³-hybridized carbons (Fsp3) is 0.400. The Morgan fingerprint density at radius 2 is 2.45 bits per heavy atom. The van der Waals surface area contributed by atoms with E-state index in [0.717, 1.165) is 18.9 Å². The van der Waals surface area contributed by atoms with E-state index < -0.39 is 5.09 Å². The Bertz CT molecular complexity index is 174. The highest BCUT2D eigenvalue weighted by molar-refractivity contribution is 5.93. The van der Waals surface area contributed by atoms with Gasteiger partial charge in [0.25, 0.3) is 5.09 Å². The molecule has 0 amide bonds. The van der Waals surface area contributed by atoms with Gasteiger partial charge in [0.1, 0.15) is 5.84 Å². The number of hydrogen-bond donors (Lipinski definition) is 2. The molecule has 0 atom stereocenters.